The van der Waals surface area contributed by atoms with Gasteiger partial charge in [-0.3, -0.25) is 20.5 Å². The number of thiol groups is 1. The smallest absolute Gasteiger partial charge is 0.232 e. The highest BCUT2D eigenvalue weighted by molar-refractivity contribution is 8.15. The lowest BCUT2D eigenvalue weighted by Gasteiger charge is -2.32. The second-order valence-electron chi connectivity index (χ2n) is 7.15. The number of carbonyl (C=O) groups excluding carboxylic acids is 2. The van der Waals surface area contributed by atoms with Crippen LogP contribution in [0.2, 0.25) is 0 Å². The largest absolute Gasteiger partial charge is 0.355 e. The van der Waals surface area contributed by atoms with Crippen molar-refractivity contribution in [3.05, 3.63) is 0 Å². The molecule has 0 aromatic heterocycles. The molecule has 130 valence electrons. The van der Waals surface area contributed by atoms with Crippen molar-refractivity contribution < 1.29 is 9.59 Å². The van der Waals surface area contributed by atoms with Gasteiger partial charge >= 0.3 is 0 Å². The van der Waals surface area contributed by atoms with Gasteiger partial charge in [0, 0.05) is 30.3 Å². The lowest BCUT2D eigenvalue weighted by Crippen LogP contribution is -2.44. The highest BCUT2D eigenvalue weighted by atomic mass is 32.2. The summed E-state index contributed by atoms with van der Waals surface area (Å²) in [6.07, 6.45) is 6.04. The summed E-state index contributed by atoms with van der Waals surface area (Å²) in [6, 6.07) is 0. The third-order valence-corrected chi connectivity index (χ3v) is 6.08. The molecule has 0 aromatic carbocycles. The Morgan fingerprint density at radius 1 is 1.23 bits per heavy atom. The van der Waals surface area contributed by atoms with Gasteiger partial charge in [-0.15, -0.1) is 11.8 Å². The van der Waals surface area contributed by atoms with Crippen LogP contribution in [0.4, 0.5) is 0 Å². The fourth-order valence-corrected chi connectivity index (χ4v) is 3.61. The number of nitrogens with one attached hydrogen (secondary N) is 1. The second-order valence-corrected chi connectivity index (χ2v) is 11.6. The molecule has 1 aliphatic rings. The molecule has 1 N–H and O–H groups in total. The van der Waals surface area contributed by atoms with Gasteiger partial charge in [-0.25, -0.2) is 0 Å². The quantitative estimate of drug-likeness (QED) is 0.723. The fraction of sp³-hybridized carbons (Fsp3) is 0.875. The topological polar surface area (TPSA) is 49.4 Å². The van der Waals surface area contributed by atoms with Crippen molar-refractivity contribution in [3.63, 3.8) is 0 Å². The molecule has 4 nitrogen and oxygen atoms in total. The maximum absolute atomic E-state index is 12.2. The van der Waals surface area contributed by atoms with Crippen molar-refractivity contribution >= 4 is 34.5 Å². The molecule has 0 atom stereocenters. The molecule has 1 fully saturated rings. The van der Waals surface area contributed by atoms with Gasteiger partial charge in [0.15, 0.2) is 0 Å². The first-order valence-corrected chi connectivity index (χ1v) is 11.4. The van der Waals surface area contributed by atoms with Gasteiger partial charge in [0.1, 0.15) is 0 Å². The monoisotopic (exact) mass is 348 g/mol. The third kappa shape index (κ3) is 7.77. The minimum absolute atomic E-state index is 0.0516. The number of thioether (sulfide) groups is 1. The summed E-state index contributed by atoms with van der Waals surface area (Å²) in [5.74, 6) is 2.09. The first-order valence-electron chi connectivity index (χ1n) is 8.03. The first-order chi connectivity index (χ1) is 10.2. The molecule has 0 spiro atoms. The van der Waals surface area contributed by atoms with Gasteiger partial charge in [0.2, 0.25) is 11.8 Å². The van der Waals surface area contributed by atoms with Crippen LogP contribution in [-0.2, 0) is 9.59 Å². The van der Waals surface area contributed by atoms with Crippen molar-refractivity contribution in [2.24, 2.45) is 5.92 Å². The minimum Gasteiger partial charge on any atom is -0.355 e. The highest BCUT2D eigenvalue weighted by Crippen LogP contribution is 2.24. The number of piperidine rings is 1. The van der Waals surface area contributed by atoms with Crippen LogP contribution in [0.5, 0.6) is 0 Å². The maximum Gasteiger partial charge on any atom is 0.232 e. The van der Waals surface area contributed by atoms with E-state index in [0.29, 0.717) is 5.75 Å². The van der Waals surface area contributed by atoms with Crippen LogP contribution in [-0.4, -0.2) is 65.1 Å². The van der Waals surface area contributed by atoms with E-state index in [2.05, 4.69) is 38.6 Å². The van der Waals surface area contributed by atoms with Crippen molar-refractivity contribution in [2.45, 2.75) is 38.4 Å². The number of hydrogen-bond donors (Lipinski definition) is 2. The van der Waals surface area contributed by atoms with Crippen LogP contribution in [0, 0.1) is 5.92 Å². The highest BCUT2D eigenvalue weighted by Gasteiger charge is 2.27. The summed E-state index contributed by atoms with van der Waals surface area (Å²) >= 11 is 1.69. The van der Waals surface area contributed by atoms with Crippen LogP contribution >= 0.6 is 22.7 Å². The van der Waals surface area contributed by atoms with E-state index in [9.17, 15) is 9.59 Å². The zero-order chi connectivity index (χ0) is 16.8. The molecule has 6 heteroatoms. The second kappa shape index (κ2) is 9.06. The molecule has 22 heavy (non-hydrogen) atoms. The molecule has 0 bridgehead atoms. The predicted molar refractivity (Wildman–Crippen MR) is 100 cm³/mol. The molecule has 0 aromatic rings. The van der Waals surface area contributed by atoms with Gasteiger partial charge in [-0.05, 0) is 31.1 Å². The Kier molecular flexibility index (Phi) is 8.11. The normalized spacial score (nSPS) is 17.3. The molecule has 1 saturated heterocycles. The van der Waals surface area contributed by atoms with Crippen LogP contribution < -0.4 is 5.32 Å². The zero-order valence-corrected chi connectivity index (χ0v) is 16.4. The molecule has 0 saturated carbocycles. The average molecular weight is 349 g/mol. The summed E-state index contributed by atoms with van der Waals surface area (Å²) in [5.41, 5.74) is 0. The van der Waals surface area contributed by atoms with E-state index in [0.717, 1.165) is 38.2 Å². The van der Waals surface area contributed by atoms with Crippen molar-refractivity contribution in [3.8, 4) is 0 Å². The number of likely N-dealkylation sites (tertiary alicyclic amines) is 1. The van der Waals surface area contributed by atoms with Gasteiger partial charge in [0.05, 0.1) is 5.75 Å². The van der Waals surface area contributed by atoms with Crippen molar-refractivity contribution in [2.75, 3.05) is 43.7 Å². The van der Waals surface area contributed by atoms with E-state index in [-0.39, 0.29) is 33.4 Å². The van der Waals surface area contributed by atoms with Gasteiger partial charge in [-0.2, -0.15) is 0 Å². The third-order valence-electron chi connectivity index (χ3n) is 3.71. The first kappa shape index (κ1) is 19.7. The zero-order valence-electron chi connectivity index (χ0n) is 14.6. The average Bonchev–Trinajstić information content (AvgIpc) is 2.43. The van der Waals surface area contributed by atoms with Crippen molar-refractivity contribution in [1.82, 2.24) is 10.2 Å². The van der Waals surface area contributed by atoms with Crippen LogP contribution in [0.3, 0.4) is 0 Å². The van der Waals surface area contributed by atoms with E-state index >= 15 is 0 Å². The molecule has 0 unspecified atom stereocenters. The molecule has 1 aliphatic heterocycles. The van der Waals surface area contributed by atoms with Crippen LogP contribution in [0.25, 0.3) is 0 Å². The van der Waals surface area contributed by atoms with Gasteiger partial charge < -0.3 is 10.2 Å². The molecular formula is C16H32N2O2S2. The summed E-state index contributed by atoms with van der Waals surface area (Å²) in [4.78, 5) is 26.2. The summed E-state index contributed by atoms with van der Waals surface area (Å²) in [6.45, 7) is 8.60. The lowest BCUT2D eigenvalue weighted by molar-refractivity contribution is -0.133. The van der Waals surface area contributed by atoms with Crippen molar-refractivity contribution in [1.29, 1.82) is 0 Å². The molecule has 1 heterocycles. The fourth-order valence-electron chi connectivity index (χ4n) is 2.31. The van der Waals surface area contributed by atoms with Crippen LogP contribution in [0.1, 0.15) is 33.6 Å². The number of amides is 2. The molecule has 1 rings (SSSR count). The Hall–Kier alpha value is -0.360. The van der Waals surface area contributed by atoms with Gasteiger partial charge in [-0.1, -0.05) is 20.8 Å². The number of nitrogens with zero attached hydrogens (tertiary/aromatic N) is 1. The Morgan fingerprint density at radius 2 is 1.82 bits per heavy atom. The van der Waals surface area contributed by atoms with E-state index in [1.54, 1.807) is 11.8 Å². The Labute approximate surface area is 142 Å². The van der Waals surface area contributed by atoms with E-state index in [1.165, 1.54) is 0 Å². The van der Waals surface area contributed by atoms with E-state index in [4.69, 9.17) is 0 Å². The number of hydrogen-bond acceptors (Lipinski definition) is 3. The van der Waals surface area contributed by atoms with E-state index in [1.807, 2.05) is 4.90 Å². The summed E-state index contributed by atoms with van der Waals surface area (Å²) < 4.78 is 0.117. The molecule has 2 amide bonds. The van der Waals surface area contributed by atoms with E-state index < -0.39 is 0 Å². The number of rotatable bonds is 6. The molecule has 0 radical (unpaired) electrons. The Morgan fingerprint density at radius 3 is 2.32 bits per heavy atom. The Balaban J connectivity index is 2.27. The van der Waals surface area contributed by atoms with Crippen LogP contribution in [0.15, 0.2) is 0 Å². The lowest BCUT2D eigenvalue weighted by atomic mass is 9.96. The maximum atomic E-state index is 12.2. The summed E-state index contributed by atoms with van der Waals surface area (Å²) in [5, 5.41) is 3.04. The minimum atomic E-state index is 0.0516. The predicted octanol–water partition coefficient (Wildman–Crippen LogP) is 2.13. The molecular weight excluding hydrogens is 316 g/mol. The Bertz CT molecular complexity index is 373. The van der Waals surface area contributed by atoms with Gasteiger partial charge in [0.25, 0.3) is 0 Å². The molecule has 0 aliphatic carbocycles. The standard InChI is InChI=1S/C16H32N2O2S2/c1-16(2,3)21-12-14(19)18-9-6-13(7-10-18)15(20)17-8-11-22(4)5/h13,22H,6-12H2,1-5H3,(H,17,20). The SMILES string of the molecule is C[SH](C)CCNC(=O)C1CCN(C(=O)CSC(C)(C)C)CC1. The summed E-state index contributed by atoms with van der Waals surface area (Å²) in [7, 11) is 0.0516. The number of carbonyl (C=O) groups is 2.